The van der Waals surface area contributed by atoms with E-state index in [-0.39, 0.29) is 5.92 Å². The van der Waals surface area contributed by atoms with Gasteiger partial charge in [-0.2, -0.15) is 0 Å². The molecule has 1 N–H and O–H groups in total. The number of aliphatic hydroxyl groups is 1. The van der Waals surface area contributed by atoms with Crippen LogP contribution in [0.15, 0.2) is 30.3 Å². The summed E-state index contributed by atoms with van der Waals surface area (Å²) in [5, 5.41) is 10.6. The molecule has 16 heavy (non-hydrogen) atoms. The van der Waals surface area contributed by atoms with E-state index in [4.69, 9.17) is 4.74 Å². The van der Waals surface area contributed by atoms with E-state index in [2.05, 4.69) is 0 Å². The Hall–Kier alpha value is -1.35. The molecule has 1 aliphatic rings. The van der Waals surface area contributed by atoms with Gasteiger partial charge in [0.25, 0.3) is 0 Å². The van der Waals surface area contributed by atoms with E-state index in [9.17, 15) is 9.90 Å². The summed E-state index contributed by atoms with van der Waals surface area (Å²) in [6.07, 6.45) is 2.82. The van der Waals surface area contributed by atoms with Crippen molar-refractivity contribution < 1.29 is 14.6 Å². The van der Waals surface area contributed by atoms with Gasteiger partial charge < -0.3 is 9.84 Å². The standard InChI is InChI=1S/C13H16O3/c1-16-12(14)13(15,11-8-5-9-11)10-6-3-2-4-7-10/h2-4,6-7,11,15H,5,8-9H2,1H3. The van der Waals surface area contributed by atoms with Crippen LogP contribution in [0.5, 0.6) is 0 Å². The fourth-order valence-corrected chi connectivity index (χ4v) is 2.19. The highest BCUT2D eigenvalue weighted by Gasteiger charge is 2.48. The molecule has 1 atom stereocenters. The minimum atomic E-state index is -1.46. The molecule has 0 aromatic heterocycles. The second-order valence-electron chi connectivity index (χ2n) is 4.25. The van der Waals surface area contributed by atoms with E-state index in [0.717, 1.165) is 19.3 Å². The zero-order valence-electron chi connectivity index (χ0n) is 9.35. The van der Waals surface area contributed by atoms with Crippen LogP contribution < -0.4 is 0 Å². The van der Waals surface area contributed by atoms with Crippen LogP contribution in [0, 0.1) is 5.92 Å². The van der Waals surface area contributed by atoms with Crippen LogP contribution in [0.4, 0.5) is 0 Å². The fraction of sp³-hybridized carbons (Fsp3) is 0.462. The predicted molar refractivity (Wildman–Crippen MR) is 59.7 cm³/mol. The first kappa shape index (κ1) is 11.1. The van der Waals surface area contributed by atoms with Gasteiger partial charge >= 0.3 is 5.97 Å². The molecular formula is C13H16O3. The summed E-state index contributed by atoms with van der Waals surface area (Å²) in [5.41, 5.74) is -0.833. The number of methoxy groups -OCH3 is 1. The van der Waals surface area contributed by atoms with E-state index < -0.39 is 11.6 Å². The Balaban J connectivity index is 2.37. The van der Waals surface area contributed by atoms with Gasteiger partial charge in [0.2, 0.25) is 0 Å². The highest BCUT2D eigenvalue weighted by Crippen LogP contribution is 2.43. The Morgan fingerprint density at radius 1 is 1.38 bits per heavy atom. The molecule has 2 rings (SSSR count). The molecule has 0 spiro atoms. The summed E-state index contributed by atoms with van der Waals surface area (Å²) in [7, 11) is 1.31. The number of hydrogen-bond acceptors (Lipinski definition) is 3. The van der Waals surface area contributed by atoms with Gasteiger partial charge in [0.05, 0.1) is 7.11 Å². The van der Waals surface area contributed by atoms with Crippen LogP contribution >= 0.6 is 0 Å². The second kappa shape index (κ2) is 4.26. The van der Waals surface area contributed by atoms with Gasteiger partial charge in [0.1, 0.15) is 0 Å². The monoisotopic (exact) mass is 220 g/mol. The molecule has 3 heteroatoms. The Morgan fingerprint density at radius 3 is 2.44 bits per heavy atom. The van der Waals surface area contributed by atoms with Gasteiger partial charge in [-0.15, -0.1) is 0 Å². The largest absolute Gasteiger partial charge is 0.467 e. The molecule has 0 bridgehead atoms. The molecule has 1 aromatic rings. The molecule has 3 nitrogen and oxygen atoms in total. The molecular weight excluding hydrogens is 204 g/mol. The first-order valence-corrected chi connectivity index (χ1v) is 5.56. The Labute approximate surface area is 95.0 Å². The topological polar surface area (TPSA) is 46.5 Å². The average Bonchev–Trinajstić information content (AvgIpc) is 2.26. The van der Waals surface area contributed by atoms with Crippen molar-refractivity contribution in [3.8, 4) is 0 Å². The minimum absolute atomic E-state index is 0.0117. The molecule has 1 unspecified atom stereocenters. The maximum atomic E-state index is 11.8. The van der Waals surface area contributed by atoms with E-state index in [1.54, 1.807) is 12.1 Å². The molecule has 0 aliphatic heterocycles. The normalized spacial score (nSPS) is 19.6. The molecule has 1 saturated carbocycles. The minimum Gasteiger partial charge on any atom is -0.467 e. The highest BCUT2D eigenvalue weighted by molar-refractivity contribution is 5.81. The Bertz CT molecular complexity index is 370. The van der Waals surface area contributed by atoms with Gasteiger partial charge in [-0.3, -0.25) is 0 Å². The third-order valence-corrected chi connectivity index (χ3v) is 3.41. The maximum Gasteiger partial charge on any atom is 0.342 e. The van der Waals surface area contributed by atoms with E-state index >= 15 is 0 Å². The Morgan fingerprint density at radius 2 is 2.00 bits per heavy atom. The fourth-order valence-electron chi connectivity index (χ4n) is 2.19. The van der Waals surface area contributed by atoms with Gasteiger partial charge in [-0.05, 0) is 18.4 Å². The zero-order chi connectivity index (χ0) is 11.6. The summed E-state index contributed by atoms with van der Waals surface area (Å²) in [4.78, 5) is 11.8. The maximum absolute atomic E-state index is 11.8. The third kappa shape index (κ3) is 1.61. The quantitative estimate of drug-likeness (QED) is 0.791. The van der Waals surface area contributed by atoms with Crippen molar-refractivity contribution in [2.45, 2.75) is 24.9 Å². The number of carbonyl (C=O) groups excluding carboxylic acids is 1. The average molecular weight is 220 g/mol. The molecule has 0 amide bonds. The molecule has 1 aromatic carbocycles. The summed E-state index contributed by atoms with van der Waals surface area (Å²) in [5.74, 6) is -0.564. The smallest absolute Gasteiger partial charge is 0.342 e. The van der Waals surface area contributed by atoms with Crippen molar-refractivity contribution >= 4 is 5.97 Å². The lowest BCUT2D eigenvalue weighted by atomic mass is 9.69. The van der Waals surface area contributed by atoms with Crippen molar-refractivity contribution in [2.24, 2.45) is 5.92 Å². The van der Waals surface area contributed by atoms with E-state index in [0.29, 0.717) is 5.56 Å². The van der Waals surface area contributed by atoms with Gasteiger partial charge in [-0.1, -0.05) is 36.8 Å². The molecule has 0 radical (unpaired) electrons. The van der Waals surface area contributed by atoms with Crippen LogP contribution in [-0.2, 0) is 15.1 Å². The summed E-state index contributed by atoms with van der Waals surface area (Å²) in [6, 6.07) is 9.05. The van der Waals surface area contributed by atoms with E-state index in [1.807, 2.05) is 18.2 Å². The number of benzene rings is 1. The van der Waals surface area contributed by atoms with Gasteiger partial charge in [0, 0.05) is 5.92 Å². The number of rotatable bonds is 3. The summed E-state index contributed by atoms with van der Waals surface area (Å²) >= 11 is 0. The van der Waals surface area contributed by atoms with Crippen LogP contribution in [-0.4, -0.2) is 18.2 Å². The van der Waals surface area contributed by atoms with E-state index in [1.165, 1.54) is 7.11 Å². The molecule has 86 valence electrons. The van der Waals surface area contributed by atoms with Gasteiger partial charge in [-0.25, -0.2) is 4.79 Å². The second-order valence-corrected chi connectivity index (χ2v) is 4.25. The summed E-state index contributed by atoms with van der Waals surface area (Å²) in [6.45, 7) is 0. The first-order valence-electron chi connectivity index (χ1n) is 5.56. The number of ether oxygens (including phenoxy) is 1. The lowest BCUT2D eigenvalue weighted by Crippen LogP contribution is -2.46. The lowest BCUT2D eigenvalue weighted by molar-refractivity contribution is -0.175. The van der Waals surface area contributed by atoms with Crippen LogP contribution in [0.25, 0.3) is 0 Å². The molecule has 0 saturated heterocycles. The molecule has 1 aliphatic carbocycles. The van der Waals surface area contributed by atoms with Crippen molar-refractivity contribution in [1.29, 1.82) is 0 Å². The van der Waals surface area contributed by atoms with Crippen molar-refractivity contribution in [2.75, 3.05) is 7.11 Å². The third-order valence-electron chi connectivity index (χ3n) is 3.41. The number of esters is 1. The highest BCUT2D eigenvalue weighted by atomic mass is 16.5. The Kier molecular flexibility index (Phi) is 2.97. The van der Waals surface area contributed by atoms with Crippen molar-refractivity contribution in [1.82, 2.24) is 0 Å². The van der Waals surface area contributed by atoms with Crippen molar-refractivity contribution in [3.63, 3.8) is 0 Å². The predicted octanol–water partition coefficient (Wildman–Crippen LogP) is 1.85. The van der Waals surface area contributed by atoms with Crippen LogP contribution in [0.2, 0.25) is 0 Å². The van der Waals surface area contributed by atoms with Crippen LogP contribution in [0.1, 0.15) is 24.8 Å². The van der Waals surface area contributed by atoms with Gasteiger partial charge in [0.15, 0.2) is 5.60 Å². The lowest BCUT2D eigenvalue weighted by Gasteiger charge is -2.39. The van der Waals surface area contributed by atoms with Crippen molar-refractivity contribution in [3.05, 3.63) is 35.9 Å². The molecule has 1 fully saturated rings. The molecule has 0 heterocycles. The number of carbonyl (C=O) groups is 1. The zero-order valence-corrected chi connectivity index (χ0v) is 9.35. The summed E-state index contributed by atoms with van der Waals surface area (Å²) < 4.78 is 4.74. The SMILES string of the molecule is COC(=O)C(O)(c1ccccc1)C1CCC1. The van der Waals surface area contributed by atoms with Crippen LogP contribution in [0.3, 0.4) is 0 Å². The first-order chi connectivity index (χ1) is 7.69. The number of hydrogen-bond donors (Lipinski definition) is 1.